The molecule has 2 N–H and O–H groups in total. The first kappa shape index (κ1) is 29.0. The van der Waals surface area contributed by atoms with Crippen molar-refractivity contribution in [3.63, 3.8) is 0 Å². The van der Waals surface area contributed by atoms with Crippen LogP contribution >= 0.6 is 7.14 Å². The van der Waals surface area contributed by atoms with Crippen molar-refractivity contribution in [3.8, 4) is 0 Å². The first-order valence-electron chi connectivity index (χ1n) is 12.5. The third kappa shape index (κ3) is 6.84. The van der Waals surface area contributed by atoms with Gasteiger partial charge in [0.05, 0.1) is 11.6 Å². The minimum atomic E-state index is -4.56. The van der Waals surface area contributed by atoms with Gasteiger partial charge in [-0.15, -0.1) is 0 Å². The Morgan fingerprint density at radius 2 is 1.37 bits per heavy atom. The zero-order chi connectivity index (χ0) is 27.8. The lowest BCUT2D eigenvalue weighted by Crippen LogP contribution is -2.34. The second-order valence-electron chi connectivity index (χ2n) is 8.70. The molecule has 0 amide bonds. The Morgan fingerprint density at radius 3 is 1.79 bits per heavy atom. The van der Waals surface area contributed by atoms with Crippen LogP contribution in [-0.2, 0) is 4.57 Å². The maximum Gasteiger partial charge on any atom is 0.419 e. The summed E-state index contributed by atoms with van der Waals surface area (Å²) in [4.78, 5) is 4.33. The third-order valence-electron chi connectivity index (χ3n) is 6.14. The number of hydrogen-bond donors (Lipinski definition) is 2. The number of benzene rings is 3. The summed E-state index contributed by atoms with van der Waals surface area (Å²) < 4.78 is 55.5. The Morgan fingerprint density at radius 1 is 0.895 bits per heavy atom. The molecule has 0 aliphatic heterocycles. The van der Waals surface area contributed by atoms with E-state index in [0.717, 1.165) is 6.08 Å². The average molecular weight is 540 g/mol. The first-order valence-corrected chi connectivity index (χ1v) is 14.2. The van der Waals surface area contributed by atoms with Crippen LogP contribution in [0.1, 0.15) is 33.6 Å². The molecule has 0 saturated heterocycles. The fourth-order valence-electron chi connectivity index (χ4n) is 4.08. The predicted octanol–water partition coefficient (Wildman–Crippen LogP) is 6.89. The largest absolute Gasteiger partial charge is 0.419 e. The Hall–Kier alpha value is -3.57. The van der Waals surface area contributed by atoms with E-state index in [1.165, 1.54) is 6.92 Å². The van der Waals surface area contributed by atoms with E-state index in [4.69, 9.17) is 0 Å². The van der Waals surface area contributed by atoms with Crippen molar-refractivity contribution in [1.29, 1.82) is 0 Å². The Labute approximate surface area is 222 Å². The molecule has 38 heavy (non-hydrogen) atoms. The number of halogens is 3. The second-order valence-corrected chi connectivity index (χ2v) is 11.5. The quantitative estimate of drug-likeness (QED) is 0.168. The third-order valence-corrected chi connectivity index (χ3v) is 9.21. The van der Waals surface area contributed by atoms with Gasteiger partial charge in [0.1, 0.15) is 11.7 Å². The van der Waals surface area contributed by atoms with Crippen LogP contribution in [0.25, 0.3) is 0 Å². The van der Waals surface area contributed by atoms with Gasteiger partial charge < -0.3 is 15.2 Å². The zero-order valence-electron chi connectivity index (χ0n) is 21.8. The smallest absolute Gasteiger partial charge is 0.342 e. The highest BCUT2D eigenvalue weighted by atomic mass is 31.2. The molecule has 8 heteroatoms. The van der Waals surface area contributed by atoms with Crippen molar-refractivity contribution in [2.75, 3.05) is 5.32 Å². The molecule has 3 aromatic rings. The van der Waals surface area contributed by atoms with Crippen LogP contribution in [-0.4, -0.2) is 18.1 Å². The molecule has 0 spiro atoms. The summed E-state index contributed by atoms with van der Waals surface area (Å²) >= 11 is 0. The number of aliphatic imine (C=N–C) groups is 1. The number of rotatable bonds is 10. The lowest BCUT2D eigenvalue weighted by Gasteiger charge is -2.21. The summed E-state index contributed by atoms with van der Waals surface area (Å²) in [6.07, 6.45) is -2.34. The van der Waals surface area contributed by atoms with Gasteiger partial charge >= 0.3 is 6.18 Å². The summed E-state index contributed by atoms with van der Waals surface area (Å²) in [6.45, 7) is 8.97. The van der Waals surface area contributed by atoms with Gasteiger partial charge in [-0.2, -0.15) is 13.2 Å². The minimum absolute atomic E-state index is 0.139. The number of hydrogen-bond acceptors (Lipinski definition) is 3. The molecule has 0 saturated carbocycles. The van der Waals surface area contributed by atoms with E-state index in [2.05, 4.69) is 22.2 Å². The first-order chi connectivity index (χ1) is 18.1. The zero-order valence-corrected chi connectivity index (χ0v) is 22.7. The molecular formula is C30H33F3N3OP. The van der Waals surface area contributed by atoms with Crippen molar-refractivity contribution < 1.29 is 17.7 Å². The Bertz CT molecular complexity index is 1270. The van der Waals surface area contributed by atoms with Crippen LogP contribution in [0, 0.1) is 0 Å². The van der Waals surface area contributed by atoms with Crippen LogP contribution in [0.15, 0.2) is 114 Å². The van der Waals surface area contributed by atoms with Gasteiger partial charge in [0.15, 0.2) is 7.14 Å². The van der Waals surface area contributed by atoms with E-state index in [1.54, 1.807) is 24.3 Å². The number of anilines is 1. The summed E-state index contributed by atoms with van der Waals surface area (Å²) in [5, 5.41) is 7.79. The molecule has 0 bridgehead atoms. The second kappa shape index (κ2) is 12.8. The molecule has 0 aliphatic carbocycles. The molecule has 0 aliphatic rings. The molecule has 0 unspecified atom stereocenters. The van der Waals surface area contributed by atoms with Crippen LogP contribution in [0.4, 0.5) is 18.9 Å². The van der Waals surface area contributed by atoms with Crippen molar-refractivity contribution >= 4 is 34.6 Å². The number of amidine groups is 1. The van der Waals surface area contributed by atoms with E-state index in [9.17, 15) is 17.7 Å². The van der Waals surface area contributed by atoms with Crippen molar-refractivity contribution in [2.45, 2.75) is 45.8 Å². The molecule has 3 aromatic carbocycles. The molecule has 4 nitrogen and oxygen atoms in total. The normalized spacial score (nSPS) is 12.9. The van der Waals surface area contributed by atoms with Crippen LogP contribution in [0.5, 0.6) is 0 Å². The molecule has 200 valence electrons. The molecule has 0 radical (unpaired) electrons. The van der Waals surface area contributed by atoms with Gasteiger partial charge in [-0.3, -0.25) is 4.99 Å². The fourth-order valence-corrected chi connectivity index (χ4v) is 6.73. The van der Waals surface area contributed by atoms with Gasteiger partial charge in [-0.25, -0.2) is 0 Å². The molecule has 0 heterocycles. The Balaban J connectivity index is 1.88. The number of allylic oxidation sites excluding steroid dienone is 1. The van der Waals surface area contributed by atoms with Crippen LogP contribution < -0.4 is 26.5 Å². The van der Waals surface area contributed by atoms with Crippen LogP contribution in [0.2, 0.25) is 0 Å². The van der Waals surface area contributed by atoms with Gasteiger partial charge in [-0.05, 0) is 44.0 Å². The predicted molar refractivity (Wildman–Crippen MR) is 153 cm³/mol. The average Bonchev–Trinajstić information content (AvgIpc) is 2.92. The summed E-state index contributed by atoms with van der Waals surface area (Å²) in [7, 11) is -3.13. The Kier molecular flexibility index (Phi) is 9.76. The van der Waals surface area contributed by atoms with Crippen molar-refractivity contribution in [3.05, 3.63) is 109 Å². The molecule has 0 atom stereocenters. The number of nitrogens with zero attached hydrogens (tertiary/aromatic N) is 1. The van der Waals surface area contributed by atoms with Gasteiger partial charge in [0.25, 0.3) is 0 Å². The van der Waals surface area contributed by atoms with Crippen molar-refractivity contribution in [2.24, 2.45) is 4.99 Å². The monoisotopic (exact) mass is 539 g/mol. The van der Waals surface area contributed by atoms with Gasteiger partial charge in [0.2, 0.25) is 0 Å². The van der Waals surface area contributed by atoms with E-state index in [1.807, 2.05) is 74.5 Å². The van der Waals surface area contributed by atoms with E-state index in [-0.39, 0.29) is 17.7 Å². The summed E-state index contributed by atoms with van der Waals surface area (Å²) in [6, 6.07) is 25.3. The maximum absolute atomic E-state index is 14.5. The standard InChI is InChI=1S/C30H33F3N3OP/c1-5-23(6-2)36-29(28(7-3)30(31,32)33)35-22(4)34-24-18-20-27(21-19-24)38(37,25-14-10-8-11-15-25)26-16-12-9-13-17-26/h7-21,23,34H,4-6H2,1-3H3,(H,35,36)/b28-7+. The lowest BCUT2D eigenvalue weighted by atomic mass is 10.1. The molecular weight excluding hydrogens is 506 g/mol. The number of nitrogens with one attached hydrogen (secondary N) is 2. The van der Waals surface area contributed by atoms with E-state index in [0.29, 0.717) is 34.4 Å². The van der Waals surface area contributed by atoms with E-state index < -0.39 is 18.9 Å². The highest BCUT2D eigenvalue weighted by Gasteiger charge is 2.37. The minimum Gasteiger partial charge on any atom is -0.342 e. The van der Waals surface area contributed by atoms with Gasteiger partial charge in [0, 0.05) is 21.6 Å². The lowest BCUT2D eigenvalue weighted by molar-refractivity contribution is -0.0864. The molecule has 0 fully saturated rings. The number of alkyl halides is 3. The SMILES string of the molecule is C=C(NC(=NC(CC)CC)/C(=C\C)C(F)(F)F)Nc1ccc(P(=O)(c2ccccc2)c2ccccc2)cc1. The molecule has 3 rings (SSSR count). The maximum atomic E-state index is 14.5. The summed E-state index contributed by atoms with van der Waals surface area (Å²) in [5.41, 5.74) is -0.274. The topological polar surface area (TPSA) is 53.5 Å². The summed E-state index contributed by atoms with van der Waals surface area (Å²) in [5.74, 6) is -0.138. The fraction of sp³-hybridized carbons (Fsp3) is 0.233. The van der Waals surface area contributed by atoms with Crippen molar-refractivity contribution in [1.82, 2.24) is 5.32 Å². The highest BCUT2D eigenvalue weighted by Crippen LogP contribution is 2.42. The highest BCUT2D eigenvalue weighted by molar-refractivity contribution is 7.85. The van der Waals surface area contributed by atoms with E-state index >= 15 is 0 Å². The molecule has 0 aromatic heterocycles. The van der Waals surface area contributed by atoms with Gasteiger partial charge in [-0.1, -0.05) is 87.2 Å². The van der Waals surface area contributed by atoms with Crippen LogP contribution in [0.3, 0.4) is 0 Å².